The van der Waals surface area contributed by atoms with Gasteiger partial charge in [-0.3, -0.25) is 39.0 Å². The number of nitrogens with zero attached hydrogens (tertiary/aromatic N) is 1. The van der Waals surface area contributed by atoms with Crippen LogP contribution in [0.2, 0.25) is 0 Å². The van der Waals surface area contributed by atoms with Gasteiger partial charge in [0, 0.05) is 13.0 Å². The Morgan fingerprint density at radius 1 is 1.03 bits per heavy atom. The van der Waals surface area contributed by atoms with E-state index >= 15 is 0 Å². The molecule has 2 aliphatic heterocycles. The molecule has 186 valence electrons. The number of para-hydroxylation sites is 2. The third-order valence-electron chi connectivity index (χ3n) is 5.99. The summed E-state index contributed by atoms with van der Waals surface area (Å²) in [6.45, 7) is 0.213. The van der Waals surface area contributed by atoms with Crippen molar-refractivity contribution in [3.8, 4) is 5.75 Å². The Morgan fingerprint density at radius 3 is 2.53 bits per heavy atom. The summed E-state index contributed by atoms with van der Waals surface area (Å²) < 4.78 is 5.14. The number of fused-ring (bicyclic) bond motifs is 1. The molecular weight excluding hydrogens is 468 g/mol. The van der Waals surface area contributed by atoms with E-state index < -0.39 is 41.5 Å². The molecule has 1 unspecified atom stereocenters. The lowest BCUT2D eigenvalue weighted by atomic mass is 10.0. The molecule has 0 radical (unpaired) electrons. The van der Waals surface area contributed by atoms with Gasteiger partial charge in [-0.05, 0) is 49.1 Å². The van der Waals surface area contributed by atoms with Crippen molar-refractivity contribution in [1.82, 2.24) is 15.5 Å². The van der Waals surface area contributed by atoms with Gasteiger partial charge in [-0.2, -0.15) is 0 Å². The minimum atomic E-state index is -1.02. The first-order valence-electron chi connectivity index (χ1n) is 11.4. The largest absolute Gasteiger partial charge is 0.495 e. The number of aryl methyl sites for hydroxylation is 1. The van der Waals surface area contributed by atoms with E-state index in [1.807, 2.05) is 0 Å². The van der Waals surface area contributed by atoms with Crippen molar-refractivity contribution in [2.45, 2.75) is 31.7 Å². The Labute approximate surface area is 206 Å². The van der Waals surface area contributed by atoms with Gasteiger partial charge < -0.3 is 15.4 Å². The topological polar surface area (TPSA) is 151 Å². The van der Waals surface area contributed by atoms with Crippen molar-refractivity contribution >= 4 is 41.1 Å². The minimum Gasteiger partial charge on any atom is -0.495 e. The quantitative estimate of drug-likeness (QED) is 0.294. The third kappa shape index (κ3) is 4.95. The average Bonchev–Trinajstić information content (AvgIpc) is 3.11. The molecule has 11 heteroatoms. The van der Waals surface area contributed by atoms with Crippen LogP contribution in [-0.2, 0) is 25.6 Å². The Hall–Kier alpha value is -4.54. The summed E-state index contributed by atoms with van der Waals surface area (Å²) in [5.41, 5.74) is 1.54. The smallest absolute Gasteiger partial charge is 0.313 e. The molecule has 11 nitrogen and oxygen atoms in total. The van der Waals surface area contributed by atoms with Crippen LogP contribution in [-0.4, -0.2) is 60.0 Å². The molecule has 4 rings (SSSR count). The van der Waals surface area contributed by atoms with Gasteiger partial charge in [0.1, 0.15) is 11.8 Å². The molecule has 3 N–H and O–H groups in total. The number of hydrogen-bond acceptors (Lipinski definition) is 7. The van der Waals surface area contributed by atoms with Crippen molar-refractivity contribution in [3.63, 3.8) is 0 Å². The third-order valence-corrected chi connectivity index (χ3v) is 5.99. The van der Waals surface area contributed by atoms with Gasteiger partial charge in [0.25, 0.3) is 11.8 Å². The van der Waals surface area contributed by atoms with Gasteiger partial charge in [-0.15, -0.1) is 0 Å². The second-order valence-electron chi connectivity index (χ2n) is 8.34. The molecule has 2 aliphatic rings. The van der Waals surface area contributed by atoms with Crippen LogP contribution >= 0.6 is 0 Å². The van der Waals surface area contributed by atoms with Crippen molar-refractivity contribution in [3.05, 3.63) is 59.2 Å². The van der Waals surface area contributed by atoms with Crippen molar-refractivity contribution < 1.29 is 33.5 Å². The molecule has 36 heavy (non-hydrogen) atoms. The van der Waals surface area contributed by atoms with Crippen LogP contribution in [0.1, 0.15) is 45.5 Å². The number of rotatable bonds is 7. The van der Waals surface area contributed by atoms with E-state index in [1.165, 1.54) is 13.2 Å². The van der Waals surface area contributed by atoms with E-state index in [2.05, 4.69) is 16.0 Å². The molecule has 2 aromatic rings. The Bertz CT molecular complexity index is 1270. The van der Waals surface area contributed by atoms with Crippen molar-refractivity contribution in [2.75, 3.05) is 19.0 Å². The Balaban J connectivity index is 1.30. The second-order valence-corrected chi connectivity index (χ2v) is 8.34. The highest BCUT2D eigenvalue weighted by Crippen LogP contribution is 2.28. The first kappa shape index (κ1) is 24.6. The highest BCUT2D eigenvalue weighted by atomic mass is 16.5. The molecule has 2 aromatic carbocycles. The molecule has 1 fully saturated rings. The number of piperidine rings is 1. The predicted octanol–water partition coefficient (Wildman–Crippen LogP) is 0.784. The number of amides is 6. The first-order valence-corrected chi connectivity index (χ1v) is 11.4. The van der Waals surface area contributed by atoms with Crippen LogP contribution in [0.4, 0.5) is 5.69 Å². The lowest BCUT2D eigenvalue weighted by Gasteiger charge is -2.27. The number of benzene rings is 2. The number of nitrogens with one attached hydrogen (secondary N) is 3. The highest BCUT2D eigenvalue weighted by molar-refractivity contribution is 6.39. The molecule has 0 aliphatic carbocycles. The summed E-state index contributed by atoms with van der Waals surface area (Å²) in [5, 5.41) is 7.20. The monoisotopic (exact) mass is 492 g/mol. The van der Waals surface area contributed by atoms with Gasteiger partial charge in [-0.25, -0.2) is 0 Å². The fraction of sp³-hybridized carbons (Fsp3) is 0.280. The van der Waals surface area contributed by atoms with Crippen LogP contribution in [0, 0.1) is 0 Å². The first-order chi connectivity index (χ1) is 17.3. The highest BCUT2D eigenvalue weighted by Gasteiger charge is 2.44. The van der Waals surface area contributed by atoms with E-state index in [9.17, 15) is 28.8 Å². The van der Waals surface area contributed by atoms with Gasteiger partial charge >= 0.3 is 11.8 Å². The summed E-state index contributed by atoms with van der Waals surface area (Å²) >= 11 is 0. The summed E-state index contributed by atoms with van der Waals surface area (Å²) in [6, 6.07) is 10.5. The van der Waals surface area contributed by atoms with E-state index in [0.717, 1.165) is 10.5 Å². The van der Waals surface area contributed by atoms with Gasteiger partial charge in [0.2, 0.25) is 11.8 Å². The fourth-order valence-electron chi connectivity index (χ4n) is 4.18. The van der Waals surface area contributed by atoms with Crippen molar-refractivity contribution in [2.24, 2.45) is 0 Å². The summed E-state index contributed by atoms with van der Waals surface area (Å²) in [5.74, 6) is -3.42. The summed E-state index contributed by atoms with van der Waals surface area (Å²) in [7, 11) is 1.46. The normalized spacial score (nSPS) is 16.9. The van der Waals surface area contributed by atoms with Crippen LogP contribution in [0.3, 0.4) is 0 Å². The van der Waals surface area contributed by atoms with E-state index in [4.69, 9.17) is 4.74 Å². The van der Waals surface area contributed by atoms with Gasteiger partial charge in [0.05, 0.1) is 23.9 Å². The van der Waals surface area contributed by atoms with E-state index in [0.29, 0.717) is 24.3 Å². The predicted molar refractivity (Wildman–Crippen MR) is 126 cm³/mol. The maximum absolute atomic E-state index is 12.9. The molecular formula is C25H24N4O7. The van der Waals surface area contributed by atoms with E-state index in [-0.39, 0.29) is 30.5 Å². The average molecular weight is 492 g/mol. The maximum atomic E-state index is 12.9. The van der Waals surface area contributed by atoms with E-state index in [1.54, 1.807) is 36.4 Å². The molecule has 1 saturated heterocycles. The molecule has 1 atom stereocenters. The van der Waals surface area contributed by atoms with Crippen molar-refractivity contribution in [1.29, 1.82) is 0 Å². The molecule has 2 heterocycles. The lowest BCUT2D eigenvalue weighted by Crippen LogP contribution is -2.54. The number of carbonyl (C=O) groups is 6. The van der Waals surface area contributed by atoms with Crippen LogP contribution in [0.15, 0.2) is 42.5 Å². The molecule has 6 amide bonds. The lowest BCUT2D eigenvalue weighted by molar-refractivity contribution is -0.136. The zero-order chi connectivity index (χ0) is 25.8. The molecule has 0 saturated carbocycles. The number of imide groups is 2. The molecule has 0 spiro atoms. The molecule has 0 bridgehead atoms. The van der Waals surface area contributed by atoms with Gasteiger partial charge in [-0.1, -0.05) is 18.2 Å². The standard InChI is InChI=1S/C25H24N4O7/c1-36-19-7-3-2-6-17(19)27-23(33)22(32)26-12-4-5-14-8-9-15-16(13-14)25(35)29(24(15)34)18-10-11-20(30)28-21(18)31/h2-3,6-9,13,18H,4-5,10-12H2,1H3,(H,26,32)(H,27,33)(H,28,30,31). The number of hydrogen-bond donors (Lipinski definition) is 3. The number of carbonyl (C=O) groups excluding carboxylic acids is 6. The zero-order valence-corrected chi connectivity index (χ0v) is 19.5. The fourth-order valence-corrected chi connectivity index (χ4v) is 4.18. The number of methoxy groups -OCH3 is 1. The summed E-state index contributed by atoms with van der Waals surface area (Å²) in [4.78, 5) is 74.4. The summed E-state index contributed by atoms with van der Waals surface area (Å²) in [6.07, 6.45) is 1.10. The SMILES string of the molecule is COc1ccccc1NC(=O)C(=O)NCCCc1ccc2c(c1)C(=O)N(C1CCC(=O)NC1=O)C2=O. The zero-order valence-electron chi connectivity index (χ0n) is 19.5. The Kier molecular flexibility index (Phi) is 7.09. The second kappa shape index (κ2) is 10.4. The molecule has 0 aromatic heterocycles. The maximum Gasteiger partial charge on any atom is 0.313 e. The van der Waals surface area contributed by atoms with Crippen LogP contribution in [0.25, 0.3) is 0 Å². The van der Waals surface area contributed by atoms with Gasteiger partial charge in [0.15, 0.2) is 0 Å². The number of anilines is 1. The minimum absolute atomic E-state index is 0.0533. The Morgan fingerprint density at radius 2 is 1.78 bits per heavy atom. The van der Waals surface area contributed by atoms with Crippen LogP contribution in [0.5, 0.6) is 5.75 Å². The number of ether oxygens (including phenoxy) is 1. The van der Waals surface area contributed by atoms with Crippen LogP contribution < -0.4 is 20.7 Å².